The van der Waals surface area contributed by atoms with E-state index >= 15 is 0 Å². The van der Waals surface area contributed by atoms with Gasteiger partial charge in [-0.05, 0) is 31.3 Å². The predicted molar refractivity (Wildman–Crippen MR) is 151 cm³/mol. The Morgan fingerprint density at radius 2 is 1.62 bits per heavy atom. The molecular formula is C29H28N6O3S. The summed E-state index contributed by atoms with van der Waals surface area (Å²) in [6.07, 6.45) is 0. The van der Waals surface area contributed by atoms with Gasteiger partial charge >= 0.3 is 0 Å². The average Bonchev–Trinajstić information content (AvgIpc) is 3.43. The van der Waals surface area contributed by atoms with Gasteiger partial charge in [-0.1, -0.05) is 90.6 Å². The number of hydrogen-bond acceptors (Lipinski definition) is 8. The van der Waals surface area contributed by atoms with Crippen LogP contribution in [0, 0.1) is 0 Å². The second-order valence-corrected chi connectivity index (χ2v) is 10.1. The Morgan fingerprint density at radius 3 is 2.33 bits per heavy atom. The van der Waals surface area contributed by atoms with E-state index in [0.29, 0.717) is 29.6 Å². The zero-order valence-corrected chi connectivity index (χ0v) is 22.5. The smallest absolute Gasteiger partial charge is 0.277 e. The Balaban J connectivity index is 1.30. The Kier molecular flexibility index (Phi) is 8.14. The van der Waals surface area contributed by atoms with Crippen molar-refractivity contribution in [3.05, 3.63) is 106 Å². The van der Waals surface area contributed by atoms with Gasteiger partial charge in [0.25, 0.3) is 16.7 Å². The van der Waals surface area contributed by atoms with Crippen molar-refractivity contribution < 1.29 is 9.21 Å². The lowest BCUT2D eigenvalue weighted by molar-refractivity contribution is -0.118. The standard InChI is InChI=1S/C29H28N6O3S/c1-34(2)24(21-13-7-4-8-14-21)17-30-25(36)19-39-29-32-31-27(38-29)26-22-15-9-10-16-23(22)28(37)35(33-26)18-20-11-5-3-6-12-20/h3-16,24H,17-19H2,1-2H3,(H,30,36). The van der Waals surface area contributed by atoms with Gasteiger partial charge in [-0.3, -0.25) is 9.59 Å². The first-order valence-corrected chi connectivity index (χ1v) is 13.5. The highest BCUT2D eigenvalue weighted by atomic mass is 32.2. The summed E-state index contributed by atoms with van der Waals surface area (Å²) in [5.41, 5.74) is 2.30. The number of nitrogens with one attached hydrogen (secondary N) is 1. The molecule has 2 aromatic heterocycles. The third kappa shape index (κ3) is 6.24. The molecular weight excluding hydrogens is 512 g/mol. The van der Waals surface area contributed by atoms with Gasteiger partial charge in [-0.25, -0.2) is 4.68 Å². The lowest BCUT2D eigenvalue weighted by Crippen LogP contribution is -2.35. The average molecular weight is 541 g/mol. The minimum atomic E-state index is -0.199. The van der Waals surface area contributed by atoms with Crippen LogP contribution >= 0.6 is 11.8 Å². The summed E-state index contributed by atoms with van der Waals surface area (Å²) >= 11 is 1.15. The van der Waals surface area contributed by atoms with E-state index in [9.17, 15) is 9.59 Å². The molecule has 2 heterocycles. The molecule has 0 aliphatic heterocycles. The number of fused-ring (bicyclic) bond motifs is 1. The number of likely N-dealkylation sites (N-methyl/N-ethyl adjacent to an activating group) is 1. The molecule has 0 bridgehead atoms. The van der Waals surface area contributed by atoms with Crippen molar-refractivity contribution in [2.75, 3.05) is 26.4 Å². The molecule has 0 aliphatic rings. The maximum Gasteiger partial charge on any atom is 0.277 e. The lowest BCUT2D eigenvalue weighted by atomic mass is 10.1. The van der Waals surface area contributed by atoms with Gasteiger partial charge in [-0.2, -0.15) is 5.10 Å². The molecule has 5 aromatic rings. The van der Waals surface area contributed by atoms with Crippen molar-refractivity contribution in [3.8, 4) is 11.6 Å². The first-order valence-electron chi connectivity index (χ1n) is 12.5. The molecule has 0 aliphatic carbocycles. The van der Waals surface area contributed by atoms with Crippen LogP contribution in [0.2, 0.25) is 0 Å². The molecule has 1 atom stereocenters. The summed E-state index contributed by atoms with van der Waals surface area (Å²) in [4.78, 5) is 27.8. The van der Waals surface area contributed by atoms with Gasteiger partial charge in [0.1, 0.15) is 0 Å². The van der Waals surface area contributed by atoms with E-state index in [4.69, 9.17) is 4.42 Å². The van der Waals surface area contributed by atoms with Gasteiger partial charge in [0.05, 0.1) is 23.7 Å². The van der Waals surface area contributed by atoms with Crippen molar-refractivity contribution in [2.24, 2.45) is 0 Å². The maximum atomic E-state index is 13.1. The minimum absolute atomic E-state index is 0.0566. The largest absolute Gasteiger partial charge is 0.409 e. The quantitative estimate of drug-likeness (QED) is 0.265. The number of hydrogen-bond donors (Lipinski definition) is 1. The van der Waals surface area contributed by atoms with E-state index in [0.717, 1.165) is 22.9 Å². The molecule has 198 valence electrons. The van der Waals surface area contributed by atoms with Crippen molar-refractivity contribution in [2.45, 2.75) is 17.8 Å². The third-order valence-corrected chi connectivity index (χ3v) is 7.10. The first kappa shape index (κ1) is 26.3. The molecule has 10 heteroatoms. The van der Waals surface area contributed by atoms with Crippen LogP contribution in [0.5, 0.6) is 0 Å². The Morgan fingerprint density at radius 1 is 0.949 bits per heavy atom. The topological polar surface area (TPSA) is 106 Å². The van der Waals surface area contributed by atoms with Crippen LogP contribution in [0.3, 0.4) is 0 Å². The van der Waals surface area contributed by atoms with Crippen molar-refractivity contribution in [3.63, 3.8) is 0 Å². The molecule has 0 fully saturated rings. The van der Waals surface area contributed by atoms with E-state index < -0.39 is 0 Å². The molecule has 1 unspecified atom stereocenters. The summed E-state index contributed by atoms with van der Waals surface area (Å²) in [6.45, 7) is 0.786. The molecule has 0 saturated carbocycles. The van der Waals surface area contributed by atoms with Crippen LogP contribution in [0.15, 0.2) is 99.4 Å². The van der Waals surface area contributed by atoms with Crippen LogP contribution < -0.4 is 10.9 Å². The molecule has 3 aromatic carbocycles. The molecule has 0 radical (unpaired) electrons. The first-order chi connectivity index (χ1) is 19.0. The minimum Gasteiger partial charge on any atom is -0.409 e. The van der Waals surface area contributed by atoms with Crippen LogP contribution in [0.25, 0.3) is 22.4 Å². The highest BCUT2D eigenvalue weighted by molar-refractivity contribution is 7.99. The summed E-state index contributed by atoms with van der Waals surface area (Å²) in [5.74, 6) is 0.174. The summed E-state index contributed by atoms with van der Waals surface area (Å²) < 4.78 is 7.29. The molecule has 1 amide bonds. The molecule has 1 N–H and O–H groups in total. The van der Waals surface area contributed by atoms with Crippen molar-refractivity contribution in [1.82, 2.24) is 30.2 Å². The van der Waals surface area contributed by atoms with Crippen LogP contribution in [0.1, 0.15) is 17.2 Å². The van der Waals surface area contributed by atoms with Gasteiger partial charge < -0.3 is 14.6 Å². The van der Waals surface area contributed by atoms with Crippen molar-refractivity contribution >= 4 is 28.4 Å². The number of nitrogens with zero attached hydrogens (tertiary/aromatic N) is 5. The molecule has 9 nitrogen and oxygen atoms in total. The molecule has 0 spiro atoms. The maximum absolute atomic E-state index is 13.1. The zero-order valence-electron chi connectivity index (χ0n) is 21.7. The van der Waals surface area contributed by atoms with Crippen LogP contribution in [-0.2, 0) is 11.3 Å². The van der Waals surface area contributed by atoms with E-state index in [2.05, 4.69) is 25.5 Å². The molecule has 5 rings (SSSR count). The van der Waals surface area contributed by atoms with E-state index in [1.807, 2.05) is 93.0 Å². The Labute approximate surface area is 229 Å². The van der Waals surface area contributed by atoms with Crippen LogP contribution in [-0.4, -0.2) is 57.2 Å². The number of thioether (sulfide) groups is 1. The fourth-order valence-corrected chi connectivity index (χ4v) is 4.88. The normalized spacial score (nSPS) is 12.1. The SMILES string of the molecule is CN(C)C(CNC(=O)CSc1nnc(-c2nn(Cc3ccccc3)c(=O)c3ccccc23)o1)c1ccccc1. The van der Waals surface area contributed by atoms with E-state index in [-0.39, 0.29) is 34.4 Å². The second-order valence-electron chi connectivity index (χ2n) is 9.20. The molecule has 39 heavy (non-hydrogen) atoms. The number of rotatable bonds is 10. The lowest BCUT2D eigenvalue weighted by Gasteiger charge is -2.25. The number of carbonyl (C=O) groups is 1. The van der Waals surface area contributed by atoms with Gasteiger partial charge in [-0.15, -0.1) is 10.2 Å². The number of amides is 1. The predicted octanol–water partition coefficient (Wildman–Crippen LogP) is 4.01. The number of aromatic nitrogens is 4. The zero-order chi connectivity index (χ0) is 27.2. The highest BCUT2D eigenvalue weighted by Crippen LogP contribution is 2.27. The second kappa shape index (κ2) is 12.1. The fraction of sp³-hybridized carbons (Fsp3) is 0.207. The van der Waals surface area contributed by atoms with Gasteiger partial charge in [0, 0.05) is 11.9 Å². The number of carbonyl (C=O) groups excluding carboxylic acids is 1. The highest BCUT2D eigenvalue weighted by Gasteiger charge is 2.19. The summed E-state index contributed by atoms with van der Waals surface area (Å²) in [7, 11) is 3.97. The fourth-order valence-electron chi connectivity index (χ4n) is 4.28. The Hall–Kier alpha value is -4.28. The van der Waals surface area contributed by atoms with Gasteiger partial charge in [0.2, 0.25) is 5.91 Å². The number of benzene rings is 3. The van der Waals surface area contributed by atoms with Gasteiger partial charge in [0.15, 0.2) is 5.69 Å². The Bertz CT molecular complexity index is 1620. The molecule has 0 saturated heterocycles. The third-order valence-electron chi connectivity index (χ3n) is 6.28. The summed E-state index contributed by atoms with van der Waals surface area (Å²) in [5, 5.41) is 17.2. The summed E-state index contributed by atoms with van der Waals surface area (Å²) in [6, 6.07) is 27.0. The van der Waals surface area contributed by atoms with Crippen LogP contribution in [0.4, 0.5) is 0 Å². The van der Waals surface area contributed by atoms with E-state index in [1.165, 1.54) is 4.68 Å². The monoisotopic (exact) mass is 540 g/mol. The van der Waals surface area contributed by atoms with Crippen molar-refractivity contribution in [1.29, 1.82) is 0 Å². The van der Waals surface area contributed by atoms with E-state index in [1.54, 1.807) is 6.07 Å².